The Bertz CT molecular complexity index is 775. The topological polar surface area (TPSA) is 82.6 Å². The molecule has 1 aromatic carbocycles. The number of hydrogen-bond acceptors (Lipinski definition) is 6. The number of carbonyl (C=O) groups is 1. The Morgan fingerprint density at radius 3 is 3.04 bits per heavy atom. The highest BCUT2D eigenvalue weighted by molar-refractivity contribution is 5.94. The number of nitrogens with one attached hydrogen (secondary N) is 1. The molecule has 1 atom stereocenters. The molecule has 2 aliphatic heterocycles. The first kappa shape index (κ1) is 15.8. The fourth-order valence-corrected chi connectivity index (χ4v) is 2.96. The Morgan fingerprint density at radius 2 is 2.16 bits per heavy atom. The molecule has 0 radical (unpaired) electrons. The van der Waals surface area contributed by atoms with Crippen molar-refractivity contribution in [2.24, 2.45) is 0 Å². The number of carbonyl (C=O) groups excluding carboxylic acids is 1. The minimum Gasteiger partial charge on any atom is -0.454 e. The highest BCUT2D eigenvalue weighted by Gasteiger charge is 2.19. The number of ether oxygens (including phenoxy) is 3. The van der Waals surface area contributed by atoms with E-state index in [9.17, 15) is 4.79 Å². The molecule has 4 rings (SSSR count). The molecule has 1 aromatic heterocycles. The van der Waals surface area contributed by atoms with E-state index in [-0.39, 0.29) is 18.6 Å². The van der Waals surface area contributed by atoms with Crippen molar-refractivity contribution in [1.29, 1.82) is 0 Å². The van der Waals surface area contributed by atoms with Crippen LogP contribution >= 0.6 is 0 Å². The van der Waals surface area contributed by atoms with E-state index in [1.54, 1.807) is 24.4 Å². The van der Waals surface area contributed by atoms with Crippen LogP contribution in [0.25, 0.3) is 0 Å². The predicted octanol–water partition coefficient (Wildman–Crippen LogP) is 2.03. The largest absolute Gasteiger partial charge is 0.454 e. The summed E-state index contributed by atoms with van der Waals surface area (Å²) in [5, 5.41) is 2.88. The number of aromatic nitrogens is 2. The van der Waals surface area contributed by atoms with Gasteiger partial charge in [0.05, 0.1) is 18.8 Å². The van der Waals surface area contributed by atoms with E-state index >= 15 is 0 Å². The lowest BCUT2D eigenvalue weighted by molar-refractivity contribution is 0.0779. The van der Waals surface area contributed by atoms with E-state index in [1.807, 2.05) is 6.07 Å². The third-order valence-corrected chi connectivity index (χ3v) is 4.32. The second-order valence-corrected chi connectivity index (χ2v) is 6.07. The van der Waals surface area contributed by atoms with Crippen LogP contribution in [0.1, 0.15) is 40.6 Å². The van der Waals surface area contributed by atoms with Gasteiger partial charge in [-0.1, -0.05) is 0 Å². The molecule has 0 spiro atoms. The molecular formula is C18H19N3O4. The molecular weight excluding hydrogens is 322 g/mol. The molecule has 1 amide bonds. The zero-order valence-corrected chi connectivity index (χ0v) is 13.7. The maximum Gasteiger partial charge on any atom is 0.251 e. The van der Waals surface area contributed by atoms with Crippen LogP contribution in [0.5, 0.6) is 11.5 Å². The van der Waals surface area contributed by atoms with Crippen molar-refractivity contribution in [2.75, 3.05) is 20.0 Å². The lowest BCUT2D eigenvalue weighted by Gasteiger charge is -2.20. The fourth-order valence-electron chi connectivity index (χ4n) is 2.96. The van der Waals surface area contributed by atoms with Gasteiger partial charge in [-0.25, -0.2) is 9.97 Å². The first-order valence-corrected chi connectivity index (χ1v) is 8.37. The van der Waals surface area contributed by atoms with Crippen molar-refractivity contribution in [2.45, 2.75) is 25.3 Å². The first-order valence-electron chi connectivity index (χ1n) is 8.37. The van der Waals surface area contributed by atoms with E-state index in [2.05, 4.69) is 15.3 Å². The molecule has 1 fully saturated rings. The molecule has 130 valence electrons. The molecule has 1 N–H and O–H groups in total. The number of fused-ring (bicyclic) bond motifs is 1. The summed E-state index contributed by atoms with van der Waals surface area (Å²) in [4.78, 5) is 21.3. The zero-order chi connectivity index (χ0) is 17.1. The van der Waals surface area contributed by atoms with Crippen LogP contribution < -0.4 is 14.8 Å². The average molecular weight is 341 g/mol. The van der Waals surface area contributed by atoms with Crippen LogP contribution in [0.4, 0.5) is 0 Å². The van der Waals surface area contributed by atoms with E-state index in [0.717, 1.165) is 31.0 Å². The summed E-state index contributed by atoms with van der Waals surface area (Å²) in [7, 11) is 0. The lowest BCUT2D eigenvalue weighted by Crippen LogP contribution is -2.24. The number of nitrogens with zero attached hydrogens (tertiary/aromatic N) is 2. The van der Waals surface area contributed by atoms with Gasteiger partial charge in [0.2, 0.25) is 6.79 Å². The van der Waals surface area contributed by atoms with Gasteiger partial charge >= 0.3 is 0 Å². The summed E-state index contributed by atoms with van der Waals surface area (Å²) >= 11 is 0. The van der Waals surface area contributed by atoms with Gasteiger partial charge in [-0.15, -0.1) is 0 Å². The monoisotopic (exact) mass is 341 g/mol. The van der Waals surface area contributed by atoms with Crippen molar-refractivity contribution in [3.05, 3.63) is 47.5 Å². The van der Waals surface area contributed by atoms with Crippen molar-refractivity contribution in [3.63, 3.8) is 0 Å². The number of hydrogen-bond donors (Lipinski definition) is 1. The number of amides is 1. The van der Waals surface area contributed by atoms with Gasteiger partial charge in [-0.05, 0) is 37.1 Å². The third-order valence-electron chi connectivity index (χ3n) is 4.32. The van der Waals surface area contributed by atoms with Crippen molar-refractivity contribution in [1.82, 2.24) is 15.3 Å². The van der Waals surface area contributed by atoms with Gasteiger partial charge < -0.3 is 19.5 Å². The Kier molecular flexibility index (Phi) is 4.47. The normalized spacial score (nSPS) is 18.8. The van der Waals surface area contributed by atoms with Crippen molar-refractivity contribution < 1.29 is 19.0 Å². The molecule has 25 heavy (non-hydrogen) atoms. The maximum atomic E-state index is 12.3. The Hall–Kier alpha value is -2.67. The molecule has 7 heteroatoms. The molecule has 0 saturated carbocycles. The SMILES string of the molecule is O=C(NCc1ccnc([C@@H]2CCCOC2)n1)c1ccc2c(c1)OCO2. The van der Waals surface area contributed by atoms with Crippen LogP contribution in [-0.2, 0) is 11.3 Å². The minimum absolute atomic E-state index is 0.181. The summed E-state index contributed by atoms with van der Waals surface area (Å²) in [5.74, 6) is 2.09. The molecule has 0 bridgehead atoms. The van der Waals surface area contributed by atoms with E-state index in [4.69, 9.17) is 14.2 Å². The van der Waals surface area contributed by atoms with Crippen LogP contribution in [0.15, 0.2) is 30.5 Å². The van der Waals surface area contributed by atoms with E-state index < -0.39 is 0 Å². The Morgan fingerprint density at radius 1 is 1.24 bits per heavy atom. The van der Waals surface area contributed by atoms with Gasteiger partial charge in [-0.2, -0.15) is 0 Å². The summed E-state index contributed by atoms with van der Waals surface area (Å²) in [5.41, 5.74) is 1.31. The van der Waals surface area contributed by atoms with Gasteiger partial charge in [0.1, 0.15) is 5.82 Å². The molecule has 2 aromatic rings. The van der Waals surface area contributed by atoms with Crippen LogP contribution in [0.2, 0.25) is 0 Å². The highest BCUT2D eigenvalue weighted by atomic mass is 16.7. The van der Waals surface area contributed by atoms with Crippen LogP contribution in [-0.4, -0.2) is 35.9 Å². The second kappa shape index (κ2) is 7.06. The summed E-state index contributed by atoms with van der Waals surface area (Å²) < 4.78 is 16.0. The fraction of sp³-hybridized carbons (Fsp3) is 0.389. The summed E-state index contributed by atoms with van der Waals surface area (Å²) in [6.07, 6.45) is 3.80. The minimum atomic E-state index is -0.181. The van der Waals surface area contributed by atoms with Gasteiger partial charge in [-0.3, -0.25) is 4.79 Å². The quantitative estimate of drug-likeness (QED) is 0.916. The number of rotatable bonds is 4. The maximum absolute atomic E-state index is 12.3. The molecule has 1 saturated heterocycles. The van der Waals surface area contributed by atoms with Gasteiger partial charge in [0.15, 0.2) is 11.5 Å². The van der Waals surface area contributed by atoms with Crippen molar-refractivity contribution >= 4 is 5.91 Å². The Balaban J connectivity index is 1.40. The number of benzene rings is 1. The Labute approximate surface area is 145 Å². The van der Waals surface area contributed by atoms with E-state index in [1.165, 1.54) is 0 Å². The van der Waals surface area contributed by atoms with Gasteiger partial charge in [0, 0.05) is 24.3 Å². The summed E-state index contributed by atoms with van der Waals surface area (Å²) in [6.45, 7) is 2.00. The molecule has 0 unspecified atom stereocenters. The van der Waals surface area contributed by atoms with E-state index in [0.29, 0.717) is 30.2 Å². The molecule has 0 aliphatic carbocycles. The predicted molar refractivity (Wildman–Crippen MR) is 88.6 cm³/mol. The molecule has 2 aliphatic rings. The van der Waals surface area contributed by atoms with Crippen molar-refractivity contribution in [3.8, 4) is 11.5 Å². The summed E-state index contributed by atoms with van der Waals surface area (Å²) in [6, 6.07) is 6.95. The lowest BCUT2D eigenvalue weighted by atomic mass is 10.0. The average Bonchev–Trinajstić information content (AvgIpc) is 3.15. The molecule has 3 heterocycles. The van der Waals surface area contributed by atoms with Gasteiger partial charge in [0.25, 0.3) is 5.91 Å². The first-order chi connectivity index (χ1) is 12.3. The van der Waals surface area contributed by atoms with Crippen LogP contribution in [0, 0.1) is 0 Å². The zero-order valence-electron chi connectivity index (χ0n) is 13.7. The standard InChI is InChI=1S/C18H19N3O4/c22-18(12-3-4-15-16(8-12)25-11-24-15)20-9-14-5-6-19-17(21-14)13-2-1-7-23-10-13/h3-6,8,13H,1-2,7,9-11H2,(H,20,22)/t13-/m1/s1. The molecule has 7 nitrogen and oxygen atoms in total. The smallest absolute Gasteiger partial charge is 0.251 e. The van der Waals surface area contributed by atoms with Crippen LogP contribution in [0.3, 0.4) is 0 Å². The highest BCUT2D eigenvalue weighted by Crippen LogP contribution is 2.32. The second-order valence-electron chi connectivity index (χ2n) is 6.07. The third kappa shape index (κ3) is 3.56.